The molecule has 1 aliphatic rings. The first-order chi connectivity index (χ1) is 10.0. The maximum Gasteiger partial charge on any atom is 0.345 e. The van der Waals surface area contributed by atoms with E-state index < -0.39 is 5.97 Å². The molecule has 2 heterocycles. The van der Waals surface area contributed by atoms with Crippen molar-refractivity contribution in [3.05, 3.63) is 45.1 Å². The summed E-state index contributed by atoms with van der Waals surface area (Å²) >= 11 is 7.12. The van der Waals surface area contributed by atoms with Gasteiger partial charge in [0.25, 0.3) is 5.91 Å². The molecule has 7 heteroatoms. The normalized spacial score (nSPS) is 13.8. The summed E-state index contributed by atoms with van der Waals surface area (Å²) in [4.78, 5) is 25.6. The number of ether oxygens (including phenoxy) is 1. The van der Waals surface area contributed by atoms with E-state index in [4.69, 9.17) is 21.4 Å². The Bertz CT molecular complexity index is 728. The Balaban J connectivity index is 1.92. The lowest BCUT2D eigenvalue weighted by molar-refractivity contribution is -0.121. The average Bonchev–Trinajstić information content (AvgIpc) is 2.91. The minimum atomic E-state index is -0.969. The van der Waals surface area contributed by atoms with E-state index in [0.717, 1.165) is 16.2 Å². The van der Waals surface area contributed by atoms with Crippen LogP contribution in [-0.4, -0.2) is 23.6 Å². The molecule has 0 unspecified atom stereocenters. The van der Waals surface area contributed by atoms with Gasteiger partial charge in [-0.2, -0.15) is 0 Å². The molecule has 1 N–H and O–H groups in total. The number of nitrogens with zero attached hydrogens (tertiary/aromatic N) is 1. The number of benzene rings is 1. The van der Waals surface area contributed by atoms with Crippen LogP contribution in [0.5, 0.6) is 5.75 Å². The van der Waals surface area contributed by atoms with Crippen molar-refractivity contribution in [3.8, 4) is 5.75 Å². The Morgan fingerprint density at radius 2 is 2.19 bits per heavy atom. The number of carbonyl (C=O) groups is 2. The highest BCUT2D eigenvalue weighted by atomic mass is 35.5. The summed E-state index contributed by atoms with van der Waals surface area (Å²) in [6.07, 6.45) is 0. The van der Waals surface area contributed by atoms with Gasteiger partial charge in [-0.1, -0.05) is 11.6 Å². The van der Waals surface area contributed by atoms with Gasteiger partial charge in [0, 0.05) is 9.90 Å². The van der Waals surface area contributed by atoms with E-state index in [9.17, 15) is 9.59 Å². The number of hydrogen-bond acceptors (Lipinski definition) is 4. The van der Waals surface area contributed by atoms with Crippen molar-refractivity contribution >= 4 is 40.5 Å². The first-order valence-corrected chi connectivity index (χ1v) is 7.29. The number of carbonyl (C=O) groups excluding carboxylic acids is 1. The van der Waals surface area contributed by atoms with E-state index in [0.29, 0.717) is 23.0 Å². The van der Waals surface area contributed by atoms with Gasteiger partial charge in [-0.15, -0.1) is 11.3 Å². The maximum atomic E-state index is 12.1. The molecule has 0 saturated carbocycles. The van der Waals surface area contributed by atoms with Crippen molar-refractivity contribution < 1.29 is 19.4 Å². The molecule has 108 valence electrons. The summed E-state index contributed by atoms with van der Waals surface area (Å²) in [5.41, 5.74) is 0.601. The van der Waals surface area contributed by atoms with E-state index in [2.05, 4.69) is 0 Å². The van der Waals surface area contributed by atoms with Crippen molar-refractivity contribution in [3.63, 3.8) is 0 Å². The van der Waals surface area contributed by atoms with Gasteiger partial charge in [-0.25, -0.2) is 4.79 Å². The molecular weight excluding hydrogens is 314 g/mol. The molecule has 0 atom stereocenters. The Hall–Kier alpha value is -2.05. The quantitative estimate of drug-likeness (QED) is 0.942. The van der Waals surface area contributed by atoms with Crippen LogP contribution in [0.15, 0.2) is 30.3 Å². The van der Waals surface area contributed by atoms with Crippen molar-refractivity contribution in [1.82, 2.24) is 0 Å². The molecule has 3 rings (SSSR count). The standard InChI is InChI=1S/C14H10ClNO4S/c15-8-1-3-11-10(5-8)16(13(17)7-20-11)6-9-2-4-12(21-9)14(18)19/h1-5H,6-7H2,(H,18,19). The number of aromatic carboxylic acids is 1. The van der Waals surface area contributed by atoms with Crippen LogP contribution < -0.4 is 9.64 Å². The number of rotatable bonds is 3. The van der Waals surface area contributed by atoms with Gasteiger partial charge in [0.2, 0.25) is 0 Å². The topological polar surface area (TPSA) is 66.8 Å². The first kappa shape index (κ1) is 13.9. The lowest BCUT2D eigenvalue weighted by Gasteiger charge is -2.29. The molecule has 1 amide bonds. The van der Waals surface area contributed by atoms with Crippen LogP contribution in [0.3, 0.4) is 0 Å². The number of amides is 1. The van der Waals surface area contributed by atoms with Crippen LogP contribution in [0.4, 0.5) is 5.69 Å². The van der Waals surface area contributed by atoms with Crippen LogP contribution in [-0.2, 0) is 11.3 Å². The first-order valence-electron chi connectivity index (χ1n) is 6.09. The third-order valence-corrected chi connectivity index (χ3v) is 4.34. The van der Waals surface area contributed by atoms with Crippen molar-refractivity contribution in [2.24, 2.45) is 0 Å². The van der Waals surface area contributed by atoms with Crippen molar-refractivity contribution in [2.75, 3.05) is 11.5 Å². The zero-order valence-electron chi connectivity index (χ0n) is 10.7. The van der Waals surface area contributed by atoms with E-state index in [1.807, 2.05) is 0 Å². The number of halogens is 1. The zero-order chi connectivity index (χ0) is 15.0. The number of carboxylic acid groups (broad SMARTS) is 1. The largest absolute Gasteiger partial charge is 0.482 e. The highest BCUT2D eigenvalue weighted by molar-refractivity contribution is 7.13. The second-order valence-corrected chi connectivity index (χ2v) is 6.06. The van der Waals surface area contributed by atoms with Gasteiger partial charge in [-0.05, 0) is 30.3 Å². The average molecular weight is 324 g/mol. The Kier molecular flexibility index (Phi) is 3.57. The summed E-state index contributed by atoms with van der Waals surface area (Å²) in [5, 5.41) is 9.45. The number of thiophene rings is 1. The molecule has 21 heavy (non-hydrogen) atoms. The van der Waals surface area contributed by atoms with Crippen LogP contribution in [0.25, 0.3) is 0 Å². The zero-order valence-corrected chi connectivity index (χ0v) is 12.3. The predicted molar refractivity (Wildman–Crippen MR) is 79.4 cm³/mol. The number of hydrogen-bond donors (Lipinski definition) is 1. The second-order valence-electron chi connectivity index (χ2n) is 4.45. The lowest BCUT2D eigenvalue weighted by atomic mass is 10.2. The molecule has 0 saturated heterocycles. The monoisotopic (exact) mass is 323 g/mol. The molecular formula is C14H10ClNO4S. The van der Waals surface area contributed by atoms with E-state index in [-0.39, 0.29) is 17.4 Å². The van der Waals surface area contributed by atoms with Crippen LogP contribution in [0, 0.1) is 0 Å². The number of carboxylic acids is 1. The summed E-state index contributed by atoms with van der Waals surface area (Å²) in [6, 6.07) is 8.32. The predicted octanol–water partition coefficient (Wildman–Crippen LogP) is 3.03. The molecule has 0 fully saturated rings. The molecule has 2 aromatic rings. The summed E-state index contributed by atoms with van der Waals surface area (Å²) in [5.74, 6) is -0.563. The van der Waals surface area contributed by atoms with Crippen molar-refractivity contribution in [2.45, 2.75) is 6.54 Å². The van der Waals surface area contributed by atoms with Gasteiger partial charge < -0.3 is 14.7 Å². The molecule has 0 radical (unpaired) electrons. The molecule has 5 nitrogen and oxygen atoms in total. The number of fused-ring (bicyclic) bond motifs is 1. The fraction of sp³-hybridized carbons (Fsp3) is 0.143. The van der Waals surface area contributed by atoms with Gasteiger partial charge in [0.05, 0.1) is 12.2 Å². The van der Waals surface area contributed by atoms with E-state index in [1.54, 1.807) is 29.2 Å². The van der Waals surface area contributed by atoms with Gasteiger partial charge in [0.1, 0.15) is 10.6 Å². The molecule has 0 aliphatic carbocycles. The lowest BCUT2D eigenvalue weighted by Crippen LogP contribution is -2.38. The smallest absolute Gasteiger partial charge is 0.345 e. The van der Waals surface area contributed by atoms with Crippen LogP contribution in [0.2, 0.25) is 5.02 Å². The third-order valence-electron chi connectivity index (χ3n) is 3.05. The molecule has 0 bridgehead atoms. The van der Waals surface area contributed by atoms with E-state index in [1.165, 1.54) is 6.07 Å². The van der Waals surface area contributed by atoms with Crippen LogP contribution in [0.1, 0.15) is 14.5 Å². The second kappa shape index (κ2) is 5.38. The fourth-order valence-corrected chi connectivity index (χ4v) is 3.08. The molecule has 1 aromatic carbocycles. The molecule has 0 spiro atoms. The van der Waals surface area contributed by atoms with E-state index >= 15 is 0 Å². The SMILES string of the molecule is O=C(O)c1ccc(CN2C(=O)COc3ccc(Cl)cc32)s1. The summed E-state index contributed by atoms with van der Waals surface area (Å²) < 4.78 is 5.36. The summed E-state index contributed by atoms with van der Waals surface area (Å²) in [6.45, 7) is 0.263. The van der Waals surface area contributed by atoms with Gasteiger partial charge in [-0.3, -0.25) is 4.79 Å². The Labute approximate surface area is 129 Å². The van der Waals surface area contributed by atoms with Gasteiger partial charge >= 0.3 is 5.97 Å². The molecule has 1 aliphatic heterocycles. The Morgan fingerprint density at radius 3 is 2.90 bits per heavy atom. The Morgan fingerprint density at radius 1 is 1.38 bits per heavy atom. The highest BCUT2D eigenvalue weighted by Crippen LogP contribution is 2.35. The van der Waals surface area contributed by atoms with Crippen LogP contribution >= 0.6 is 22.9 Å². The minimum Gasteiger partial charge on any atom is -0.482 e. The highest BCUT2D eigenvalue weighted by Gasteiger charge is 2.26. The van der Waals surface area contributed by atoms with Crippen molar-refractivity contribution in [1.29, 1.82) is 0 Å². The van der Waals surface area contributed by atoms with Gasteiger partial charge in [0.15, 0.2) is 6.61 Å². The number of anilines is 1. The summed E-state index contributed by atoms with van der Waals surface area (Å²) in [7, 11) is 0. The fourth-order valence-electron chi connectivity index (χ4n) is 2.08. The third kappa shape index (κ3) is 2.72. The molecule has 1 aromatic heterocycles. The minimum absolute atomic E-state index is 0.0359. The maximum absolute atomic E-state index is 12.1.